The number of carbonyl (C=O) groups is 1. The number of hydrogen-bond donors (Lipinski definition) is 0. The SMILES string of the molecule is Cc1ccc(-n2nccn2)c(C(=O)N2C[C@@H]3CN(c4ncc5cc(F)ccc5n4)C[C@@H]3C2)c1. The molecule has 4 heterocycles. The van der Waals surface area contributed by atoms with Crippen molar-refractivity contribution in [1.29, 1.82) is 0 Å². The van der Waals surface area contributed by atoms with E-state index in [1.165, 1.54) is 16.9 Å². The molecule has 0 radical (unpaired) electrons. The van der Waals surface area contributed by atoms with Crippen LogP contribution >= 0.6 is 0 Å². The van der Waals surface area contributed by atoms with Gasteiger partial charge in [-0.15, -0.1) is 0 Å². The molecule has 2 aromatic heterocycles. The van der Waals surface area contributed by atoms with Crippen molar-refractivity contribution in [2.45, 2.75) is 6.92 Å². The number of benzene rings is 2. The average Bonchev–Trinajstić information content (AvgIpc) is 3.55. The zero-order chi connectivity index (χ0) is 22.5. The van der Waals surface area contributed by atoms with Crippen LogP contribution in [-0.2, 0) is 0 Å². The van der Waals surface area contributed by atoms with Crippen molar-refractivity contribution >= 4 is 22.8 Å². The quantitative estimate of drug-likeness (QED) is 0.485. The number of amides is 1. The maximum atomic E-state index is 13.5. The van der Waals surface area contributed by atoms with Gasteiger partial charge in [0.05, 0.1) is 29.2 Å². The Morgan fingerprint density at radius 1 is 1.00 bits per heavy atom. The van der Waals surface area contributed by atoms with Crippen molar-refractivity contribution < 1.29 is 9.18 Å². The fourth-order valence-electron chi connectivity index (χ4n) is 4.98. The van der Waals surface area contributed by atoms with Crippen LogP contribution in [0.4, 0.5) is 10.3 Å². The van der Waals surface area contributed by atoms with Crippen LogP contribution in [0, 0.1) is 24.6 Å². The number of nitrogens with zero attached hydrogens (tertiary/aromatic N) is 7. The van der Waals surface area contributed by atoms with Crippen LogP contribution in [0.1, 0.15) is 15.9 Å². The Morgan fingerprint density at radius 3 is 2.52 bits per heavy atom. The minimum absolute atomic E-state index is 0.0101. The molecule has 2 aliphatic rings. The summed E-state index contributed by atoms with van der Waals surface area (Å²) in [6.45, 7) is 4.95. The summed E-state index contributed by atoms with van der Waals surface area (Å²) >= 11 is 0. The molecule has 166 valence electrons. The molecule has 2 atom stereocenters. The molecule has 9 heteroatoms. The number of hydrogen-bond acceptors (Lipinski definition) is 6. The molecule has 2 saturated heterocycles. The Bertz CT molecular complexity index is 1340. The molecule has 0 unspecified atom stereocenters. The molecule has 0 spiro atoms. The first kappa shape index (κ1) is 19.8. The van der Waals surface area contributed by atoms with E-state index in [2.05, 4.69) is 25.1 Å². The van der Waals surface area contributed by atoms with Gasteiger partial charge < -0.3 is 9.80 Å². The van der Waals surface area contributed by atoms with Crippen LogP contribution in [0.15, 0.2) is 55.0 Å². The van der Waals surface area contributed by atoms with Crippen molar-refractivity contribution in [3.05, 3.63) is 71.9 Å². The van der Waals surface area contributed by atoms with E-state index in [0.29, 0.717) is 47.5 Å². The normalized spacial score (nSPS) is 19.9. The third-order valence-electron chi connectivity index (χ3n) is 6.60. The van der Waals surface area contributed by atoms with Crippen molar-refractivity contribution in [2.75, 3.05) is 31.1 Å². The van der Waals surface area contributed by atoms with Gasteiger partial charge in [-0.25, -0.2) is 14.4 Å². The second-order valence-electron chi connectivity index (χ2n) is 8.85. The zero-order valence-electron chi connectivity index (χ0n) is 18.1. The number of aromatic nitrogens is 5. The number of fused-ring (bicyclic) bond motifs is 2. The Morgan fingerprint density at radius 2 is 1.76 bits per heavy atom. The first-order chi connectivity index (χ1) is 16.0. The predicted molar refractivity (Wildman–Crippen MR) is 121 cm³/mol. The number of carbonyl (C=O) groups excluding carboxylic acids is 1. The van der Waals surface area contributed by atoms with Crippen molar-refractivity contribution in [2.24, 2.45) is 11.8 Å². The summed E-state index contributed by atoms with van der Waals surface area (Å²) in [6, 6.07) is 10.3. The first-order valence-corrected chi connectivity index (χ1v) is 11.0. The maximum Gasteiger partial charge on any atom is 0.256 e. The van der Waals surface area contributed by atoms with Gasteiger partial charge in [-0.3, -0.25) is 4.79 Å². The molecule has 2 aliphatic heterocycles. The second kappa shape index (κ2) is 7.61. The molecule has 6 rings (SSSR count). The minimum atomic E-state index is -0.292. The summed E-state index contributed by atoms with van der Waals surface area (Å²) in [5, 5.41) is 9.10. The van der Waals surface area contributed by atoms with Crippen molar-refractivity contribution in [3.8, 4) is 5.69 Å². The van der Waals surface area contributed by atoms with Gasteiger partial charge in [0.25, 0.3) is 5.91 Å². The van der Waals surface area contributed by atoms with E-state index in [0.717, 1.165) is 24.2 Å². The lowest BCUT2D eigenvalue weighted by Gasteiger charge is -2.23. The summed E-state index contributed by atoms with van der Waals surface area (Å²) in [6.07, 6.45) is 4.88. The van der Waals surface area contributed by atoms with Gasteiger partial charge in [0.15, 0.2) is 0 Å². The van der Waals surface area contributed by atoms with E-state index in [1.54, 1.807) is 24.7 Å². The van der Waals surface area contributed by atoms with E-state index >= 15 is 0 Å². The number of aryl methyl sites for hydroxylation is 1. The monoisotopic (exact) mass is 443 g/mol. The summed E-state index contributed by atoms with van der Waals surface area (Å²) in [7, 11) is 0. The number of anilines is 1. The van der Waals surface area contributed by atoms with Gasteiger partial charge in [-0.05, 0) is 37.3 Å². The largest absolute Gasteiger partial charge is 0.340 e. The zero-order valence-corrected chi connectivity index (χ0v) is 18.1. The van der Waals surface area contributed by atoms with Gasteiger partial charge in [0.2, 0.25) is 5.95 Å². The third kappa shape index (κ3) is 3.49. The molecule has 1 amide bonds. The van der Waals surface area contributed by atoms with Gasteiger partial charge in [0, 0.05) is 49.6 Å². The van der Waals surface area contributed by atoms with E-state index < -0.39 is 0 Å². The Kier molecular flexibility index (Phi) is 4.56. The Balaban J connectivity index is 1.19. The lowest BCUT2D eigenvalue weighted by molar-refractivity contribution is 0.0782. The van der Waals surface area contributed by atoms with Gasteiger partial charge in [0.1, 0.15) is 5.82 Å². The highest BCUT2D eigenvalue weighted by atomic mass is 19.1. The summed E-state index contributed by atoms with van der Waals surface area (Å²) in [5.74, 6) is 1.09. The summed E-state index contributed by atoms with van der Waals surface area (Å²) in [4.78, 5) is 28.2. The first-order valence-electron chi connectivity index (χ1n) is 11.0. The molecular formula is C24H22FN7O. The van der Waals surface area contributed by atoms with E-state index in [9.17, 15) is 9.18 Å². The van der Waals surface area contributed by atoms with Crippen LogP contribution in [-0.4, -0.2) is 61.9 Å². The molecule has 2 aromatic carbocycles. The molecule has 0 saturated carbocycles. The predicted octanol–water partition coefficient (Wildman–Crippen LogP) is 2.87. The molecule has 0 bridgehead atoms. The number of halogens is 1. The summed E-state index contributed by atoms with van der Waals surface area (Å²) in [5.41, 5.74) is 3.06. The minimum Gasteiger partial charge on any atom is -0.340 e. The standard InChI is InChI=1S/C24H22FN7O/c1-15-2-5-22(32-27-6-7-28-32)20(8-15)23(33)30-11-17-13-31(14-18(17)12-30)24-26-10-16-9-19(25)3-4-21(16)29-24/h2-10,17-18H,11-14H2,1H3/t17-,18+. The topological polar surface area (TPSA) is 80.0 Å². The second-order valence-corrected chi connectivity index (χ2v) is 8.85. The number of likely N-dealkylation sites (tertiary alicyclic amines) is 1. The maximum absolute atomic E-state index is 13.5. The third-order valence-corrected chi connectivity index (χ3v) is 6.60. The Labute approximate surface area is 189 Å². The molecular weight excluding hydrogens is 421 g/mol. The van der Waals surface area contributed by atoms with Crippen LogP contribution in [0.5, 0.6) is 0 Å². The molecule has 0 aliphatic carbocycles. The Hall–Kier alpha value is -3.88. The van der Waals surface area contributed by atoms with Crippen LogP contribution < -0.4 is 4.90 Å². The van der Waals surface area contributed by atoms with Gasteiger partial charge >= 0.3 is 0 Å². The van der Waals surface area contributed by atoms with Crippen LogP contribution in [0.2, 0.25) is 0 Å². The van der Waals surface area contributed by atoms with E-state index in [-0.39, 0.29) is 11.7 Å². The highest BCUT2D eigenvalue weighted by molar-refractivity contribution is 5.98. The van der Waals surface area contributed by atoms with E-state index in [1.807, 2.05) is 30.0 Å². The van der Waals surface area contributed by atoms with Crippen LogP contribution in [0.3, 0.4) is 0 Å². The van der Waals surface area contributed by atoms with Gasteiger partial charge in [-0.2, -0.15) is 15.0 Å². The highest BCUT2D eigenvalue weighted by Crippen LogP contribution is 2.34. The van der Waals surface area contributed by atoms with Crippen molar-refractivity contribution in [1.82, 2.24) is 29.9 Å². The lowest BCUT2D eigenvalue weighted by Crippen LogP contribution is -2.34. The van der Waals surface area contributed by atoms with E-state index in [4.69, 9.17) is 0 Å². The van der Waals surface area contributed by atoms with Gasteiger partial charge in [-0.1, -0.05) is 11.6 Å². The highest BCUT2D eigenvalue weighted by Gasteiger charge is 2.43. The smallest absolute Gasteiger partial charge is 0.256 e. The fourth-order valence-corrected chi connectivity index (χ4v) is 4.98. The molecule has 2 fully saturated rings. The molecule has 0 N–H and O–H groups in total. The fraction of sp³-hybridized carbons (Fsp3) is 0.292. The lowest BCUT2D eigenvalue weighted by atomic mass is 10.0. The summed E-state index contributed by atoms with van der Waals surface area (Å²) < 4.78 is 13.4. The molecule has 33 heavy (non-hydrogen) atoms. The average molecular weight is 443 g/mol. The van der Waals surface area contributed by atoms with Crippen molar-refractivity contribution in [3.63, 3.8) is 0 Å². The number of rotatable bonds is 3. The molecule has 8 nitrogen and oxygen atoms in total. The van der Waals surface area contributed by atoms with Crippen LogP contribution in [0.25, 0.3) is 16.6 Å². The molecule has 4 aromatic rings.